The SMILES string of the molecule is OC1(c2cc(F)ccc2F)CCCOCC1. The van der Waals surface area contributed by atoms with Crippen LogP contribution in [0.2, 0.25) is 0 Å². The Bertz CT molecular complexity index is 371. The molecule has 1 heterocycles. The predicted molar refractivity (Wildman–Crippen MR) is 54.9 cm³/mol. The predicted octanol–water partition coefficient (Wildman–Crippen LogP) is 2.35. The molecule has 0 bridgehead atoms. The number of hydrogen-bond donors (Lipinski definition) is 1. The first-order valence-electron chi connectivity index (χ1n) is 5.37. The van der Waals surface area contributed by atoms with Crippen LogP contribution in [0.15, 0.2) is 18.2 Å². The number of halogens is 2. The molecular weight excluding hydrogens is 214 g/mol. The molecule has 0 aromatic heterocycles. The van der Waals surface area contributed by atoms with Gasteiger partial charge in [0.1, 0.15) is 11.6 Å². The number of aliphatic hydroxyl groups is 1. The van der Waals surface area contributed by atoms with Crippen molar-refractivity contribution in [2.24, 2.45) is 0 Å². The van der Waals surface area contributed by atoms with Crippen molar-refractivity contribution in [3.8, 4) is 0 Å². The molecule has 0 saturated carbocycles. The van der Waals surface area contributed by atoms with Gasteiger partial charge < -0.3 is 9.84 Å². The number of benzene rings is 1. The van der Waals surface area contributed by atoms with Crippen LogP contribution in [-0.2, 0) is 10.3 Å². The second-order valence-electron chi connectivity index (χ2n) is 4.12. The Morgan fingerprint density at radius 2 is 2.00 bits per heavy atom. The van der Waals surface area contributed by atoms with Gasteiger partial charge >= 0.3 is 0 Å². The third kappa shape index (κ3) is 2.23. The van der Waals surface area contributed by atoms with Gasteiger partial charge in [0.25, 0.3) is 0 Å². The molecule has 0 radical (unpaired) electrons. The van der Waals surface area contributed by atoms with Crippen LogP contribution >= 0.6 is 0 Å². The van der Waals surface area contributed by atoms with E-state index in [0.717, 1.165) is 18.2 Å². The van der Waals surface area contributed by atoms with Crippen molar-refractivity contribution in [1.82, 2.24) is 0 Å². The maximum atomic E-state index is 13.6. The number of hydrogen-bond acceptors (Lipinski definition) is 2. The first kappa shape index (κ1) is 11.5. The van der Waals surface area contributed by atoms with Gasteiger partial charge in [-0.1, -0.05) is 0 Å². The van der Waals surface area contributed by atoms with E-state index >= 15 is 0 Å². The largest absolute Gasteiger partial charge is 0.385 e. The molecule has 0 amide bonds. The minimum Gasteiger partial charge on any atom is -0.385 e. The average molecular weight is 228 g/mol. The zero-order chi connectivity index (χ0) is 11.6. The minimum atomic E-state index is -1.30. The fourth-order valence-electron chi connectivity index (χ4n) is 2.06. The van der Waals surface area contributed by atoms with E-state index < -0.39 is 17.2 Å². The van der Waals surface area contributed by atoms with Crippen molar-refractivity contribution in [2.45, 2.75) is 24.9 Å². The van der Waals surface area contributed by atoms with Crippen molar-refractivity contribution < 1.29 is 18.6 Å². The molecule has 0 aliphatic carbocycles. The van der Waals surface area contributed by atoms with Gasteiger partial charge in [0, 0.05) is 25.2 Å². The Kier molecular flexibility index (Phi) is 3.21. The van der Waals surface area contributed by atoms with Crippen molar-refractivity contribution >= 4 is 0 Å². The van der Waals surface area contributed by atoms with E-state index in [-0.39, 0.29) is 5.56 Å². The summed E-state index contributed by atoms with van der Waals surface area (Å²) in [7, 11) is 0. The Labute approximate surface area is 92.9 Å². The number of rotatable bonds is 1. The molecule has 1 aliphatic heterocycles. The monoisotopic (exact) mass is 228 g/mol. The summed E-state index contributed by atoms with van der Waals surface area (Å²) in [6.07, 6.45) is 1.34. The molecule has 16 heavy (non-hydrogen) atoms. The highest BCUT2D eigenvalue weighted by Gasteiger charge is 2.33. The van der Waals surface area contributed by atoms with Crippen LogP contribution in [0.4, 0.5) is 8.78 Å². The maximum absolute atomic E-state index is 13.6. The summed E-state index contributed by atoms with van der Waals surface area (Å²) in [5, 5.41) is 10.3. The first-order chi connectivity index (χ1) is 7.62. The number of ether oxygens (including phenoxy) is 1. The third-order valence-electron chi connectivity index (χ3n) is 2.97. The highest BCUT2D eigenvalue weighted by atomic mass is 19.1. The summed E-state index contributed by atoms with van der Waals surface area (Å²) < 4.78 is 31.8. The van der Waals surface area contributed by atoms with E-state index in [1.165, 1.54) is 0 Å². The van der Waals surface area contributed by atoms with Gasteiger partial charge in [-0.05, 0) is 31.0 Å². The van der Waals surface area contributed by atoms with Crippen molar-refractivity contribution in [3.63, 3.8) is 0 Å². The lowest BCUT2D eigenvalue weighted by Crippen LogP contribution is -2.27. The summed E-state index contributed by atoms with van der Waals surface area (Å²) in [4.78, 5) is 0. The average Bonchev–Trinajstić information content (AvgIpc) is 2.48. The standard InChI is InChI=1S/C12H14F2O2/c13-9-2-3-11(14)10(8-9)12(15)4-1-6-16-7-5-12/h2-3,8,15H,1,4-7H2. The van der Waals surface area contributed by atoms with Crippen molar-refractivity contribution in [1.29, 1.82) is 0 Å². The molecule has 1 aliphatic rings. The molecule has 2 rings (SSSR count). The van der Waals surface area contributed by atoms with E-state index in [1.807, 2.05) is 0 Å². The molecule has 1 N–H and O–H groups in total. The van der Waals surface area contributed by atoms with E-state index in [1.54, 1.807) is 0 Å². The Morgan fingerprint density at radius 3 is 2.81 bits per heavy atom. The van der Waals surface area contributed by atoms with Gasteiger partial charge in [0.05, 0.1) is 5.60 Å². The smallest absolute Gasteiger partial charge is 0.129 e. The molecule has 0 spiro atoms. The van der Waals surface area contributed by atoms with Crippen LogP contribution in [0.1, 0.15) is 24.8 Å². The maximum Gasteiger partial charge on any atom is 0.129 e. The molecular formula is C12H14F2O2. The second-order valence-corrected chi connectivity index (χ2v) is 4.12. The fourth-order valence-corrected chi connectivity index (χ4v) is 2.06. The van der Waals surface area contributed by atoms with E-state index in [2.05, 4.69) is 0 Å². The van der Waals surface area contributed by atoms with Gasteiger partial charge in [-0.3, -0.25) is 0 Å². The molecule has 1 saturated heterocycles. The van der Waals surface area contributed by atoms with Crippen molar-refractivity contribution in [2.75, 3.05) is 13.2 Å². The molecule has 88 valence electrons. The van der Waals surface area contributed by atoms with Crippen LogP contribution in [0.25, 0.3) is 0 Å². The van der Waals surface area contributed by atoms with Crippen LogP contribution in [0.5, 0.6) is 0 Å². The molecule has 1 unspecified atom stereocenters. The van der Waals surface area contributed by atoms with Gasteiger partial charge in [0.2, 0.25) is 0 Å². The topological polar surface area (TPSA) is 29.5 Å². The third-order valence-corrected chi connectivity index (χ3v) is 2.97. The van der Waals surface area contributed by atoms with Crippen LogP contribution in [0.3, 0.4) is 0 Å². The van der Waals surface area contributed by atoms with Gasteiger partial charge in [-0.15, -0.1) is 0 Å². The summed E-state index contributed by atoms with van der Waals surface area (Å²) in [6, 6.07) is 3.17. The van der Waals surface area contributed by atoms with Crippen LogP contribution in [0, 0.1) is 11.6 Å². The zero-order valence-electron chi connectivity index (χ0n) is 8.88. The van der Waals surface area contributed by atoms with E-state index in [4.69, 9.17) is 4.74 Å². The second kappa shape index (κ2) is 4.47. The van der Waals surface area contributed by atoms with Crippen LogP contribution in [-0.4, -0.2) is 18.3 Å². The molecule has 2 nitrogen and oxygen atoms in total. The summed E-state index contributed by atoms with van der Waals surface area (Å²) >= 11 is 0. The van der Waals surface area contributed by atoms with Crippen molar-refractivity contribution in [3.05, 3.63) is 35.4 Å². The minimum absolute atomic E-state index is 0.0398. The lowest BCUT2D eigenvalue weighted by atomic mass is 9.86. The highest BCUT2D eigenvalue weighted by molar-refractivity contribution is 5.25. The summed E-state index contributed by atoms with van der Waals surface area (Å²) in [5.41, 5.74) is -1.26. The van der Waals surface area contributed by atoms with Crippen LogP contribution < -0.4 is 0 Å². The Hall–Kier alpha value is -1.00. The first-order valence-corrected chi connectivity index (χ1v) is 5.37. The molecule has 4 heteroatoms. The Balaban J connectivity index is 2.36. The zero-order valence-corrected chi connectivity index (χ0v) is 8.88. The molecule has 1 atom stereocenters. The fraction of sp³-hybridized carbons (Fsp3) is 0.500. The highest BCUT2D eigenvalue weighted by Crippen LogP contribution is 2.34. The Morgan fingerprint density at radius 1 is 1.19 bits per heavy atom. The summed E-state index contributed by atoms with van der Waals surface area (Å²) in [6.45, 7) is 0.922. The van der Waals surface area contributed by atoms with Gasteiger partial charge in [-0.25, -0.2) is 8.78 Å². The normalized spacial score (nSPS) is 26.4. The molecule has 1 fully saturated rings. The summed E-state index contributed by atoms with van der Waals surface area (Å²) in [5.74, 6) is -1.10. The quantitative estimate of drug-likeness (QED) is 0.799. The van der Waals surface area contributed by atoms with E-state index in [0.29, 0.717) is 32.5 Å². The molecule has 1 aromatic rings. The van der Waals surface area contributed by atoms with Gasteiger partial charge in [-0.2, -0.15) is 0 Å². The molecule has 1 aromatic carbocycles. The van der Waals surface area contributed by atoms with Gasteiger partial charge in [0.15, 0.2) is 0 Å². The lowest BCUT2D eigenvalue weighted by Gasteiger charge is -2.26. The van der Waals surface area contributed by atoms with E-state index in [9.17, 15) is 13.9 Å². The lowest BCUT2D eigenvalue weighted by molar-refractivity contribution is 0.0110.